The van der Waals surface area contributed by atoms with Crippen molar-refractivity contribution in [2.24, 2.45) is 0 Å². The van der Waals surface area contributed by atoms with E-state index < -0.39 is 8.32 Å². The van der Waals surface area contributed by atoms with Gasteiger partial charge in [-0.3, -0.25) is 0 Å². The normalized spacial score (nSPS) is 14.1. The molecular formula is C15H24OSi. The van der Waals surface area contributed by atoms with Gasteiger partial charge in [0.15, 0.2) is 8.32 Å². The van der Waals surface area contributed by atoms with Crippen molar-refractivity contribution in [3.8, 4) is 0 Å². The van der Waals surface area contributed by atoms with Gasteiger partial charge in [-0.1, -0.05) is 49.4 Å². The fourth-order valence-corrected chi connectivity index (χ4v) is 2.33. The smallest absolute Gasteiger partial charge is 0.183 e. The lowest BCUT2D eigenvalue weighted by atomic mass is 10.0. The first-order valence-corrected chi connectivity index (χ1v) is 9.75. The molecule has 1 atom stereocenters. The summed E-state index contributed by atoms with van der Waals surface area (Å²) in [6.07, 6.45) is 5.52. The van der Waals surface area contributed by atoms with Crippen LogP contribution in [0.2, 0.25) is 19.6 Å². The van der Waals surface area contributed by atoms with Gasteiger partial charge >= 0.3 is 0 Å². The summed E-state index contributed by atoms with van der Waals surface area (Å²) < 4.78 is 5.80. The maximum atomic E-state index is 5.80. The third kappa shape index (κ3) is 6.44. The molecule has 1 rings (SSSR count). The van der Waals surface area contributed by atoms with E-state index in [1.54, 1.807) is 0 Å². The first-order chi connectivity index (χ1) is 7.99. The van der Waals surface area contributed by atoms with Gasteiger partial charge in [0.1, 0.15) is 0 Å². The van der Waals surface area contributed by atoms with Crippen molar-refractivity contribution in [3.05, 3.63) is 48.0 Å². The predicted molar refractivity (Wildman–Crippen MR) is 77.9 cm³/mol. The van der Waals surface area contributed by atoms with E-state index in [9.17, 15) is 0 Å². The van der Waals surface area contributed by atoms with Gasteiger partial charge in [-0.2, -0.15) is 0 Å². The molecule has 0 bridgehead atoms. The van der Waals surface area contributed by atoms with Crippen LogP contribution in [0.1, 0.15) is 24.8 Å². The molecule has 0 unspecified atom stereocenters. The zero-order valence-electron chi connectivity index (χ0n) is 11.4. The number of allylic oxidation sites excluding steroid dienone is 1. The zero-order valence-corrected chi connectivity index (χ0v) is 12.4. The molecule has 0 aliphatic carbocycles. The van der Waals surface area contributed by atoms with E-state index >= 15 is 0 Å². The van der Waals surface area contributed by atoms with E-state index in [2.05, 4.69) is 69.0 Å². The lowest BCUT2D eigenvalue weighted by molar-refractivity contribution is 0.318. The topological polar surface area (TPSA) is 9.23 Å². The first-order valence-electron chi connectivity index (χ1n) is 6.34. The van der Waals surface area contributed by atoms with Crippen molar-refractivity contribution in [2.75, 3.05) is 6.61 Å². The van der Waals surface area contributed by atoms with Gasteiger partial charge in [0, 0.05) is 6.61 Å². The summed E-state index contributed by atoms with van der Waals surface area (Å²) >= 11 is 0. The molecule has 2 heteroatoms. The summed E-state index contributed by atoms with van der Waals surface area (Å²) in [5, 5.41) is 0. The maximum absolute atomic E-state index is 5.80. The molecule has 17 heavy (non-hydrogen) atoms. The van der Waals surface area contributed by atoms with E-state index in [0.717, 1.165) is 13.0 Å². The van der Waals surface area contributed by atoms with Gasteiger partial charge in [-0.05, 0) is 37.5 Å². The zero-order chi connectivity index (χ0) is 12.7. The number of benzene rings is 1. The first kappa shape index (κ1) is 14.2. The lowest BCUT2D eigenvalue weighted by Crippen LogP contribution is -2.25. The van der Waals surface area contributed by atoms with Crippen LogP contribution in [-0.4, -0.2) is 14.9 Å². The van der Waals surface area contributed by atoms with Crippen molar-refractivity contribution < 1.29 is 4.43 Å². The Kier molecular flexibility index (Phi) is 5.66. The third-order valence-corrected chi connectivity index (χ3v) is 3.64. The van der Waals surface area contributed by atoms with Gasteiger partial charge in [0.05, 0.1) is 0 Å². The van der Waals surface area contributed by atoms with Gasteiger partial charge in [0.2, 0.25) is 0 Å². The SMILES string of the molecule is C[C@@H](/C=C/CCO[Si](C)(C)C)c1ccccc1. The summed E-state index contributed by atoms with van der Waals surface area (Å²) in [4.78, 5) is 0. The van der Waals surface area contributed by atoms with E-state index in [4.69, 9.17) is 4.43 Å². The Morgan fingerprint density at radius 2 is 1.82 bits per heavy atom. The molecule has 0 saturated heterocycles. The molecule has 0 fully saturated rings. The van der Waals surface area contributed by atoms with Crippen LogP contribution >= 0.6 is 0 Å². The quantitative estimate of drug-likeness (QED) is 0.406. The van der Waals surface area contributed by atoms with E-state index in [1.807, 2.05) is 0 Å². The fraction of sp³-hybridized carbons (Fsp3) is 0.467. The van der Waals surface area contributed by atoms with Gasteiger partial charge in [-0.25, -0.2) is 0 Å². The molecule has 0 aromatic heterocycles. The van der Waals surface area contributed by atoms with Crippen LogP contribution in [0.3, 0.4) is 0 Å². The van der Waals surface area contributed by atoms with Crippen molar-refractivity contribution in [1.82, 2.24) is 0 Å². The minimum atomic E-state index is -1.33. The molecule has 0 radical (unpaired) electrons. The predicted octanol–water partition coefficient (Wildman–Crippen LogP) is 4.59. The molecule has 1 aromatic carbocycles. The minimum absolute atomic E-state index is 0.489. The minimum Gasteiger partial charge on any atom is -0.417 e. The van der Waals surface area contributed by atoms with Crippen molar-refractivity contribution in [2.45, 2.75) is 38.9 Å². The molecular weight excluding hydrogens is 224 g/mol. The Labute approximate surface area is 107 Å². The van der Waals surface area contributed by atoms with Crippen LogP contribution in [0.15, 0.2) is 42.5 Å². The highest BCUT2D eigenvalue weighted by Gasteiger charge is 2.12. The van der Waals surface area contributed by atoms with E-state index in [0.29, 0.717) is 5.92 Å². The average molecular weight is 248 g/mol. The van der Waals surface area contributed by atoms with Crippen LogP contribution in [-0.2, 0) is 4.43 Å². The second kappa shape index (κ2) is 6.77. The van der Waals surface area contributed by atoms with Gasteiger partial charge < -0.3 is 4.43 Å². The molecule has 1 aromatic rings. The van der Waals surface area contributed by atoms with Gasteiger partial charge in [-0.15, -0.1) is 0 Å². The summed E-state index contributed by atoms with van der Waals surface area (Å²) in [5.41, 5.74) is 1.37. The number of hydrogen-bond donors (Lipinski definition) is 0. The summed E-state index contributed by atoms with van der Waals surface area (Å²) in [6.45, 7) is 9.76. The van der Waals surface area contributed by atoms with Crippen LogP contribution in [0, 0.1) is 0 Å². The second-order valence-electron chi connectivity index (χ2n) is 5.38. The Balaban J connectivity index is 2.30. The van der Waals surface area contributed by atoms with Crippen molar-refractivity contribution in [1.29, 1.82) is 0 Å². The number of hydrogen-bond acceptors (Lipinski definition) is 1. The largest absolute Gasteiger partial charge is 0.417 e. The Morgan fingerprint density at radius 1 is 1.18 bits per heavy atom. The second-order valence-corrected chi connectivity index (χ2v) is 9.89. The van der Waals surface area contributed by atoms with Crippen LogP contribution < -0.4 is 0 Å². The molecule has 0 spiro atoms. The van der Waals surface area contributed by atoms with Gasteiger partial charge in [0.25, 0.3) is 0 Å². The molecule has 0 aliphatic heterocycles. The van der Waals surface area contributed by atoms with E-state index in [1.165, 1.54) is 5.56 Å². The molecule has 1 nitrogen and oxygen atoms in total. The highest BCUT2D eigenvalue weighted by atomic mass is 28.4. The molecule has 0 N–H and O–H groups in total. The standard InChI is InChI=1S/C15H24OSi/c1-14(15-11-6-5-7-12-15)10-8-9-13-16-17(2,3)4/h5-8,10-12,14H,9,13H2,1-4H3/b10-8+/t14-/m0/s1. The molecule has 94 valence electrons. The summed E-state index contributed by atoms with van der Waals surface area (Å²) in [5.74, 6) is 0.489. The Hall–Kier alpha value is -0.863. The van der Waals surface area contributed by atoms with Crippen molar-refractivity contribution in [3.63, 3.8) is 0 Å². The van der Waals surface area contributed by atoms with Crippen molar-refractivity contribution >= 4 is 8.32 Å². The monoisotopic (exact) mass is 248 g/mol. The van der Waals surface area contributed by atoms with E-state index in [-0.39, 0.29) is 0 Å². The summed E-state index contributed by atoms with van der Waals surface area (Å²) in [7, 11) is -1.33. The highest BCUT2D eigenvalue weighted by Crippen LogP contribution is 2.16. The van der Waals surface area contributed by atoms with Crippen LogP contribution in [0.4, 0.5) is 0 Å². The lowest BCUT2D eigenvalue weighted by Gasteiger charge is -2.16. The molecule has 0 saturated carbocycles. The third-order valence-electron chi connectivity index (χ3n) is 2.57. The molecule has 0 amide bonds. The Bertz CT molecular complexity index is 338. The summed E-state index contributed by atoms with van der Waals surface area (Å²) in [6, 6.07) is 10.6. The molecule has 0 heterocycles. The fourth-order valence-electron chi connectivity index (χ4n) is 1.60. The average Bonchev–Trinajstić information content (AvgIpc) is 2.28. The highest BCUT2D eigenvalue weighted by molar-refractivity contribution is 6.69. The van der Waals surface area contributed by atoms with Crippen LogP contribution in [0.25, 0.3) is 0 Å². The Morgan fingerprint density at radius 3 is 2.41 bits per heavy atom. The maximum Gasteiger partial charge on any atom is 0.183 e. The van der Waals surface area contributed by atoms with Crippen LogP contribution in [0.5, 0.6) is 0 Å². The number of rotatable bonds is 6. The molecule has 0 aliphatic rings.